The molecular formula is C17H17N3O3. The molecule has 0 spiro atoms. The Morgan fingerprint density at radius 1 is 1.17 bits per heavy atom. The van der Waals surface area contributed by atoms with Gasteiger partial charge in [0.2, 0.25) is 5.91 Å². The summed E-state index contributed by atoms with van der Waals surface area (Å²) >= 11 is 0. The van der Waals surface area contributed by atoms with E-state index in [0.29, 0.717) is 11.3 Å². The van der Waals surface area contributed by atoms with Crippen LogP contribution in [0.25, 0.3) is 0 Å². The molecule has 2 amide bonds. The molecule has 23 heavy (non-hydrogen) atoms. The van der Waals surface area contributed by atoms with Gasteiger partial charge < -0.3 is 15.2 Å². The lowest BCUT2D eigenvalue weighted by Crippen LogP contribution is -2.30. The lowest BCUT2D eigenvalue weighted by atomic mass is 10.1. The van der Waals surface area contributed by atoms with Crippen molar-refractivity contribution in [3.8, 4) is 0 Å². The molecule has 2 N–H and O–H groups in total. The Balaban J connectivity index is 1.87. The molecule has 1 fully saturated rings. The van der Waals surface area contributed by atoms with Crippen LogP contribution in [0.15, 0.2) is 47.4 Å². The Bertz CT molecular complexity index is 808. The molecule has 2 aromatic rings. The van der Waals surface area contributed by atoms with Gasteiger partial charge in [0, 0.05) is 19.2 Å². The number of benzene rings is 1. The van der Waals surface area contributed by atoms with Gasteiger partial charge in [-0.15, -0.1) is 0 Å². The van der Waals surface area contributed by atoms with Gasteiger partial charge in [0.25, 0.3) is 11.5 Å². The van der Waals surface area contributed by atoms with E-state index < -0.39 is 5.91 Å². The summed E-state index contributed by atoms with van der Waals surface area (Å²) in [6, 6.07) is 10.0. The van der Waals surface area contributed by atoms with E-state index in [1.165, 1.54) is 17.2 Å². The minimum atomic E-state index is -0.423. The third-order valence-corrected chi connectivity index (χ3v) is 3.83. The molecule has 0 unspecified atom stereocenters. The van der Waals surface area contributed by atoms with Crippen LogP contribution in [0.1, 0.15) is 23.2 Å². The maximum Gasteiger partial charge on any atom is 0.271 e. The van der Waals surface area contributed by atoms with Gasteiger partial charge in [0.1, 0.15) is 5.69 Å². The summed E-state index contributed by atoms with van der Waals surface area (Å²) in [6.07, 6.45) is 3.29. The third-order valence-electron chi connectivity index (χ3n) is 3.83. The second kappa shape index (κ2) is 6.08. The van der Waals surface area contributed by atoms with Gasteiger partial charge in [-0.25, -0.2) is 0 Å². The summed E-state index contributed by atoms with van der Waals surface area (Å²) in [5.41, 5.74) is 0.686. The first-order valence-corrected chi connectivity index (χ1v) is 7.43. The third kappa shape index (κ3) is 3.15. The van der Waals surface area contributed by atoms with Crippen molar-refractivity contribution in [2.75, 3.05) is 17.3 Å². The molecule has 1 saturated carbocycles. The number of pyridine rings is 1. The number of anilines is 2. The van der Waals surface area contributed by atoms with Crippen LogP contribution in [-0.4, -0.2) is 23.8 Å². The van der Waals surface area contributed by atoms with Crippen molar-refractivity contribution in [3.05, 3.63) is 58.5 Å². The predicted molar refractivity (Wildman–Crippen MR) is 87.6 cm³/mol. The summed E-state index contributed by atoms with van der Waals surface area (Å²) in [7, 11) is 1.67. The number of carbonyl (C=O) groups excluding carboxylic acids is 2. The standard InChI is InChI=1S/C17H17N3O3/c1-20(17(23)11-8-9-11)14-7-3-2-5-12(14)15(21)19-13-6-4-10-18-16(13)22/h2-7,10-11H,8-9H2,1H3,(H,18,22)(H,19,21). The van der Waals surface area contributed by atoms with Crippen LogP contribution in [0.4, 0.5) is 11.4 Å². The monoisotopic (exact) mass is 311 g/mol. The highest BCUT2D eigenvalue weighted by Crippen LogP contribution is 2.33. The second-order valence-electron chi connectivity index (χ2n) is 5.56. The van der Waals surface area contributed by atoms with E-state index in [1.54, 1.807) is 37.4 Å². The van der Waals surface area contributed by atoms with Crippen molar-refractivity contribution in [1.82, 2.24) is 4.98 Å². The fraction of sp³-hybridized carbons (Fsp3) is 0.235. The van der Waals surface area contributed by atoms with Crippen molar-refractivity contribution >= 4 is 23.2 Å². The fourth-order valence-electron chi connectivity index (χ4n) is 2.39. The average Bonchev–Trinajstić information content (AvgIpc) is 3.40. The Kier molecular flexibility index (Phi) is 3.97. The van der Waals surface area contributed by atoms with Gasteiger partial charge in [-0.05, 0) is 37.1 Å². The highest BCUT2D eigenvalue weighted by Gasteiger charge is 2.33. The molecule has 1 aliphatic carbocycles. The van der Waals surface area contributed by atoms with Crippen LogP contribution in [-0.2, 0) is 4.79 Å². The Morgan fingerprint density at radius 3 is 2.61 bits per heavy atom. The predicted octanol–water partition coefficient (Wildman–Crippen LogP) is 2.00. The number of aromatic amines is 1. The van der Waals surface area contributed by atoms with Gasteiger partial charge in [-0.3, -0.25) is 14.4 Å². The number of hydrogen-bond donors (Lipinski definition) is 2. The fourth-order valence-corrected chi connectivity index (χ4v) is 2.39. The average molecular weight is 311 g/mol. The number of hydrogen-bond acceptors (Lipinski definition) is 3. The Labute approximate surface area is 133 Å². The van der Waals surface area contributed by atoms with E-state index in [1.807, 2.05) is 0 Å². The minimum absolute atomic E-state index is 0.0165. The lowest BCUT2D eigenvalue weighted by molar-refractivity contribution is -0.119. The molecule has 1 aromatic heterocycles. The molecule has 3 rings (SSSR count). The number of H-pyrrole nitrogens is 1. The maximum atomic E-state index is 12.5. The summed E-state index contributed by atoms with van der Waals surface area (Å²) in [5.74, 6) is -0.344. The zero-order valence-electron chi connectivity index (χ0n) is 12.7. The highest BCUT2D eigenvalue weighted by molar-refractivity contribution is 6.10. The van der Waals surface area contributed by atoms with Crippen LogP contribution < -0.4 is 15.8 Å². The van der Waals surface area contributed by atoms with Crippen LogP contribution in [0, 0.1) is 5.92 Å². The largest absolute Gasteiger partial charge is 0.327 e. The van der Waals surface area contributed by atoms with Crippen LogP contribution in [0.3, 0.4) is 0 Å². The van der Waals surface area contributed by atoms with E-state index in [4.69, 9.17) is 0 Å². The minimum Gasteiger partial charge on any atom is -0.327 e. The number of nitrogens with one attached hydrogen (secondary N) is 2. The van der Waals surface area contributed by atoms with E-state index in [2.05, 4.69) is 10.3 Å². The van der Waals surface area contributed by atoms with Crippen molar-refractivity contribution in [2.45, 2.75) is 12.8 Å². The molecule has 0 atom stereocenters. The number of para-hydroxylation sites is 1. The highest BCUT2D eigenvalue weighted by atomic mass is 16.2. The molecule has 118 valence electrons. The maximum absolute atomic E-state index is 12.5. The Hall–Kier alpha value is -2.89. The van der Waals surface area contributed by atoms with Gasteiger partial charge in [0.05, 0.1) is 11.3 Å². The normalized spacial score (nSPS) is 13.4. The second-order valence-corrected chi connectivity index (χ2v) is 5.56. The quantitative estimate of drug-likeness (QED) is 0.906. The van der Waals surface area contributed by atoms with Crippen molar-refractivity contribution in [1.29, 1.82) is 0 Å². The van der Waals surface area contributed by atoms with Crippen molar-refractivity contribution in [3.63, 3.8) is 0 Å². The molecule has 0 aliphatic heterocycles. The first kappa shape index (κ1) is 15.0. The SMILES string of the molecule is CN(C(=O)C1CC1)c1ccccc1C(=O)Nc1ccc[nH]c1=O. The van der Waals surface area contributed by atoms with Gasteiger partial charge in [0.15, 0.2) is 0 Å². The number of rotatable bonds is 4. The Morgan fingerprint density at radius 2 is 1.91 bits per heavy atom. The molecule has 1 heterocycles. The zero-order chi connectivity index (χ0) is 16.4. The first-order chi connectivity index (χ1) is 11.1. The first-order valence-electron chi connectivity index (χ1n) is 7.43. The van der Waals surface area contributed by atoms with Crippen molar-refractivity contribution < 1.29 is 9.59 Å². The van der Waals surface area contributed by atoms with Crippen LogP contribution in [0.5, 0.6) is 0 Å². The number of carbonyl (C=O) groups is 2. The number of aromatic nitrogens is 1. The summed E-state index contributed by atoms with van der Waals surface area (Å²) in [5, 5.41) is 2.58. The van der Waals surface area contributed by atoms with Gasteiger partial charge in [-0.2, -0.15) is 0 Å². The topological polar surface area (TPSA) is 82.3 Å². The van der Waals surface area contributed by atoms with E-state index in [0.717, 1.165) is 12.8 Å². The van der Waals surface area contributed by atoms with Crippen LogP contribution in [0.2, 0.25) is 0 Å². The van der Waals surface area contributed by atoms with E-state index >= 15 is 0 Å². The van der Waals surface area contributed by atoms with Crippen LogP contribution >= 0.6 is 0 Å². The number of amides is 2. The summed E-state index contributed by atoms with van der Waals surface area (Å²) in [6.45, 7) is 0. The molecule has 0 bridgehead atoms. The molecule has 6 heteroatoms. The summed E-state index contributed by atoms with van der Waals surface area (Å²) < 4.78 is 0. The number of nitrogens with zero attached hydrogens (tertiary/aromatic N) is 1. The van der Waals surface area contributed by atoms with Gasteiger partial charge >= 0.3 is 0 Å². The molecule has 6 nitrogen and oxygen atoms in total. The molecule has 0 radical (unpaired) electrons. The van der Waals surface area contributed by atoms with Gasteiger partial charge in [-0.1, -0.05) is 12.1 Å². The summed E-state index contributed by atoms with van der Waals surface area (Å²) in [4.78, 5) is 40.4. The zero-order valence-corrected chi connectivity index (χ0v) is 12.7. The molecule has 1 aromatic carbocycles. The molecular weight excluding hydrogens is 294 g/mol. The van der Waals surface area contributed by atoms with Crippen molar-refractivity contribution in [2.24, 2.45) is 5.92 Å². The molecule has 0 saturated heterocycles. The van der Waals surface area contributed by atoms with E-state index in [9.17, 15) is 14.4 Å². The lowest BCUT2D eigenvalue weighted by Gasteiger charge is -2.20. The van der Waals surface area contributed by atoms with E-state index in [-0.39, 0.29) is 23.1 Å². The molecule has 1 aliphatic rings. The smallest absolute Gasteiger partial charge is 0.271 e.